The predicted molar refractivity (Wildman–Crippen MR) is 86.9 cm³/mol. The van der Waals surface area contributed by atoms with Crippen molar-refractivity contribution in [3.05, 3.63) is 29.3 Å². The molecule has 2 N–H and O–H groups in total. The van der Waals surface area contributed by atoms with Gasteiger partial charge in [0.15, 0.2) is 0 Å². The summed E-state index contributed by atoms with van der Waals surface area (Å²) in [5.41, 5.74) is 2.09. The normalized spacial score (nSPS) is 12.0. The molecular weight excluding hydrogens is 286 g/mol. The minimum atomic E-state index is -3.43. The summed E-state index contributed by atoms with van der Waals surface area (Å²) < 4.78 is 27.3. The molecule has 0 amide bonds. The predicted octanol–water partition coefficient (Wildman–Crippen LogP) is 1.33. The molecule has 0 radical (unpaired) electrons. The first-order valence-corrected chi connectivity index (χ1v) is 8.89. The van der Waals surface area contributed by atoms with Crippen LogP contribution in [0.4, 0.5) is 0 Å². The SMILES string of the molecule is CCN(CC)CCNS(=O)(=O)c1ccc(C)c(CNC)c1. The first kappa shape index (κ1) is 18.1. The molecule has 1 aromatic rings. The minimum Gasteiger partial charge on any atom is -0.316 e. The lowest BCUT2D eigenvalue weighted by atomic mass is 10.1. The van der Waals surface area contributed by atoms with E-state index in [-0.39, 0.29) is 0 Å². The van der Waals surface area contributed by atoms with E-state index >= 15 is 0 Å². The van der Waals surface area contributed by atoms with Crippen molar-refractivity contribution in [2.45, 2.75) is 32.2 Å². The highest BCUT2D eigenvalue weighted by molar-refractivity contribution is 7.89. The van der Waals surface area contributed by atoms with Gasteiger partial charge in [0, 0.05) is 19.6 Å². The molecule has 0 atom stereocenters. The standard InChI is InChI=1S/C15H27N3O2S/c1-5-18(6-2)10-9-17-21(19,20)15-8-7-13(3)14(11-15)12-16-4/h7-8,11,16-17H,5-6,9-10,12H2,1-4H3. The first-order valence-electron chi connectivity index (χ1n) is 7.40. The van der Waals surface area contributed by atoms with Gasteiger partial charge in [-0.2, -0.15) is 0 Å². The molecule has 0 aliphatic rings. The second-order valence-electron chi connectivity index (χ2n) is 5.04. The number of rotatable bonds is 9. The van der Waals surface area contributed by atoms with Crippen LogP contribution in [-0.4, -0.2) is 46.5 Å². The highest BCUT2D eigenvalue weighted by atomic mass is 32.2. The van der Waals surface area contributed by atoms with E-state index in [1.807, 2.05) is 20.0 Å². The van der Waals surface area contributed by atoms with Crippen molar-refractivity contribution in [1.29, 1.82) is 0 Å². The third kappa shape index (κ3) is 5.39. The lowest BCUT2D eigenvalue weighted by Gasteiger charge is -2.18. The molecule has 1 rings (SSSR count). The van der Waals surface area contributed by atoms with Crippen LogP contribution in [-0.2, 0) is 16.6 Å². The number of benzene rings is 1. The van der Waals surface area contributed by atoms with E-state index in [1.165, 1.54) is 0 Å². The topological polar surface area (TPSA) is 61.4 Å². The van der Waals surface area contributed by atoms with Crippen molar-refractivity contribution in [2.75, 3.05) is 33.2 Å². The summed E-state index contributed by atoms with van der Waals surface area (Å²) in [6.45, 7) is 9.79. The Labute approximate surface area is 128 Å². The smallest absolute Gasteiger partial charge is 0.240 e. The fourth-order valence-corrected chi connectivity index (χ4v) is 3.23. The Balaban J connectivity index is 2.76. The summed E-state index contributed by atoms with van der Waals surface area (Å²) in [6, 6.07) is 5.26. The molecule has 0 saturated heterocycles. The van der Waals surface area contributed by atoms with E-state index in [9.17, 15) is 8.42 Å². The van der Waals surface area contributed by atoms with Gasteiger partial charge in [0.1, 0.15) is 0 Å². The van der Waals surface area contributed by atoms with E-state index in [4.69, 9.17) is 0 Å². The number of likely N-dealkylation sites (N-methyl/N-ethyl adjacent to an activating group) is 1. The average Bonchev–Trinajstić information content (AvgIpc) is 2.46. The van der Waals surface area contributed by atoms with Gasteiger partial charge in [0.25, 0.3) is 0 Å². The van der Waals surface area contributed by atoms with Crippen LogP contribution >= 0.6 is 0 Å². The summed E-state index contributed by atoms with van der Waals surface area (Å²) in [6.07, 6.45) is 0. The number of nitrogens with zero attached hydrogens (tertiary/aromatic N) is 1. The molecule has 1 aromatic carbocycles. The number of sulfonamides is 1. The van der Waals surface area contributed by atoms with Crippen LogP contribution in [0.2, 0.25) is 0 Å². The van der Waals surface area contributed by atoms with Crippen LogP contribution in [0, 0.1) is 6.92 Å². The molecule has 120 valence electrons. The maximum Gasteiger partial charge on any atom is 0.240 e. The van der Waals surface area contributed by atoms with E-state index < -0.39 is 10.0 Å². The molecule has 0 aromatic heterocycles. The van der Waals surface area contributed by atoms with Crippen molar-refractivity contribution in [3.63, 3.8) is 0 Å². The van der Waals surface area contributed by atoms with Gasteiger partial charge in [-0.15, -0.1) is 0 Å². The van der Waals surface area contributed by atoms with Gasteiger partial charge in [-0.1, -0.05) is 19.9 Å². The van der Waals surface area contributed by atoms with Crippen LogP contribution in [0.25, 0.3) is 0 Å². The van der Waals surface area contributed by atoms with Crippen LogP contribution in [0.1, 0.15) is 25.0 Å². The van der Waals surface area contributed by atoms with Crippen molar-refractivity contribution in [1.82, 2.24) is 14.9 Å². The number of nitrogens with one attached hydrogen (secondary N) is 2. The highest BCUT2D eigenvalue weighted by Gasteiger charge is 2.15. The van der Waals surface area contributed by atoms with Gasteiger partial charge in [0.2, 0.25) is 10.0 Å². The fourth-order valence-electron chi connectivity index (χ4n) is 2.16. The minimum absolute atomic E-state index is 0.331. The summed E-state index contributed by atoms with van der Waals surface area (Å²) in [7, 11) is -1.58. The van der Waals surface area contributed by atoms with Gasteiger partial charge < -0.3 is 10.2 Å². The van der Waals surface area contributed by atoms with E-state index in [0.29, 0.717) is 18.0 Å². The zero-order chi connectivity index (χ0) is 15.9. The Morgan fingerprint density at radius 3 is 2.43 bits per heavy atom. The lowest BCUT2D eigenvalue weighted by molar-refractivity contribution is 0.309. The molecule has 6 heteroatoms. The maximum absolute atomic E-state index is 12.3. The lowest BCUT2D eigenvalue weighted by Crippen LogP contribution is -2.34. The molecule has 21 heavy (non-hydrogen) atoms. The molecular formula is C15H27N3O2S. The van der Waals surface area contributed by atoms with Crippen molar-refractivity contribution in [3.8, 4) is 0 Å². The molecule has 0 spiro atoms. The van der Waals surface area contributed by atoms with Crippen LogP contribution in [0.5, 0.6) is 0 Å². The maximum atomic E-state index is 12.3. The number of hydrogen-bond acceptors (Lipinski definition) is 4. The average molecular weight is 313 g/mol. The monoisotopic (exact) mass is 313 g/mol. The molecule has 0 aliphatic carbocycles. The third-order valence-electron chi connectivity index (χ3n) is 3.61. The van der Waals surface area contributed by atoms with E-state index in [0.717, 1.165) is 30.8 Å². The van der Waals surface area contributed by atoms with E-state index in [2.05, 4.69) is 28.8 Å². The Morgan fingerprint density at radius 2 is 1.86 bits per heavy atom. The van der Waals surface area contributed by atoms with Crippen molar-refractivity contribution < 1.29 is 8.42 Å². The molecule has 5 nitrogen and oxygen atoms in total. The highest BCUT2D eigenvalue weighted by Crippen LogP contribution is 2.15. The molecule has 0 bridgehead atoms. The Bertz CT molecular complexity index is 540. The third-order valence-corrected chi connectivity index (χ3v) is 5.07. The molecule has 0 aliphatic heterocycles. The van der Waals surface area contributed by atoms with Gasteiger partial charge >= 0.3 is 0 Å². The summed E-state index contributed by atoms with van der Waals surface area (Å²) in [5, 5.41) is 3.05. The Kier molecular flexibility index (Phi) is 7.31. The summed E-state index contributed by atoms with van der Waals surface area (Å²) in [4.78, 5) is 2.52. The van der Waals surface area contributed by atoms with Gasteiger partial charge in [-0.05, 0) is 50.3 Å². The van der Waals surface area contributed by atoms with E-state index in [1.54, 1.807) is 12.1 Å². The quantitative estimate of drug-likeness (QED) is 0.722. The van der Waals surface area contributed by atoms with Crippen molar-refractivity contribution >= 4 is 10.0 Å². The van der Waals surface area contributed by atoms with Crippen LogP contribution in [0.3, 0.4) is 0 Å². The largest absolute Gasteiger partial charge is 0.316 e. The summed E-state index contributed by atoms with van der Waals surface area (Å²) in [5.74, 6) is 0. The second kappa shape index (κ2) is 8.48. The molecule has 0 saturated carbocycles. The van der Waals surface area contributed by atoms with Crippen LogP contribution in [0.15, 0.2) is 23.1 Å². The van der Waals surface area contributed by atoms with Crippen LogP contribution < -0.4 is 10.0 Å². The second-order valence-corrected chi connectivity index (χ2v) is 6.81. The molecule has 0 heterocycles. The molecule has 0 unspecified atom stereocenters. The van der Waals surface area contributed by atoms with Crippen molar-refractivity contribution in [2.24, 2.45) is 0 Å². The number of hydrogen-bond donors (Lipinski definition) is 2. The molecule has 0 fully saturated rings. The summed E-state index contributed by atoms with van der Waals surface area (Å²) >= 11 is 0. The fraction of sp³-hybridized carbons (Fsp3) is 0.600. The van der Waals surface area contributed by atoms with Gasteiger partial charge in [-0.25, -0.2) is 13.1 Å². The Morgan fingerprint density at radius 1 is 1.19 bits per heavy atom. The van der Waals surface area contributed by atoms with Gasteiger partial charge in [0.05, 0.1) is 4.90 Å². The zero-order valence-corrected chi connectivity index (χ0v) is 14.3. The Hall–Kier alpha value is -0.950. The van der Waals surface area contributed by atoms with Gasteiger partial charge in [-0.3, -0.25) is 0 Å². The zero-order valence-electron chi connectivity index (χ0n) is 13.4. The first-order chi connectivity index (χ1) is 9.94. The number of aryl methyl sites for hydroxylation is 1.